The van der Waals surface area contributed by atoms with E-state index in [2.05, 4.69) is 10.4 Å². The molecule has 0 spiro atoms. The average Bonchev–Trinajstić information content (AvgIpc) is 3.49. The van der Waals surface area contributed by atoms with Crippen LogP contribution in [0.4, 0.5) is 5.82 Å². The molecule has 0 bridgehead atoms. The van der Waals surface area contributed by atoms with Crippen LogP contribution < -0.4 is 10.1 Å². The van der Waals surface area contributed by atoms with Gasteiger partial charge in [-0.25, -0.2) is 4.98 Å². The Labute approximate surface area is 191 Å². The lowest BCUT2D eigenvalue weighted by Crippen LogP contribution is -2.15. The van der Waals surface area contributed by atoms with E-state index in [0.29, 0.717) is 22.9 Å². The normalized spacial score (nSPS) is 11.0. The molecule has 0 unspecified atom stereocenters. The van der Waals surface area contributed by atoms with Gasteiger partial charge in [-0.2, -0.15) is 9.78 Å². The third kappa shape index (κ3) is 3.85. The molecule has 33 heavy (non-hydrogen) atoms. The predicted molar refractivity (Wildman–Crippen MR) is 129 cm³/mol. The molecule has 0 aliphatic rings. The van der Waals surface area contributed by atoms with Crippen molar-refractivity contribution in [3.05, 3.63) is 95.9 Å². The smallest absolute Gasteiger partial charge is 0.256 e. The van der Waals surface area contributed by atoms with E-state index in [4.69, 9.17) is 9.72 Å². The summed E-state index contributed by atoms with van der Waals surface area (Å²) >= 11 is 0. The Morgan fingerprint density at radius 1 is 0.970 bits per heavy atom. The van der Waals surface area contributed by atoms with Crippen LogP contribution in [-0.4, -0.2) is 32.3 Å². The van der Waals surface area contributed by atoms with Crippen molar-refractivity contribution in [3.63, 3.8) is 0 Å². The molecular formula is C26H23N5O2. The zero-order valence-corrected chi connectivity index (χ0v) is 18.6. The van der Waals surface area contributed by atoms with Crippen molar-refractivity contribution in [1.29, 1.82) is 0 Å². The summed E-state index contributed by atoms with van der Waals surface area (Å²) < 4.78 is 9.15. The summed E-state index contributed by atoms with van der Waals surface area (Å²) in [7, 11) is 1.63. The van der Waals surface area contributed by atoms with Crippen molar-refractivity contribution in [2.24, 2.45) is 0 Å². The van der Waals surface area contributed by atoms with E-state index in [9.17, 15) is 4.79 Å². The molecule has 0 atom stereocenters. The highest BCUT2D eigenvalue weighted by Crippen LogP contribution is 2.28. The molecule has 0 aliphatic heterocycles. The van der Waals surface area contributed by atoms with Gasteiger partial charge < -0.3 is 14.6 Å². The fourth-order valence-corrected chi connectivity index (χ4v) is 3.89. The second kappa shape index (κ2) is 8.27. The first-order valence-corrected chi connectivity index (χ1v) is 10.6. The number of amides is 1. The molecule has 3 heterocycles. The number of pyridine rings is 1. The van der Waals surface area contributed by atoms with Crippen LogP contribution in [0.2, 0.25) is 0 Å². The number of fused-ring (bicyclic) bond motifs is 1. The van der Waals surface area contributed by atoms with Gasteiger partial charge in [-0.15, -0.1) is 0 Å². The van der Waals surface area contributed by atoms with Crippen molar-refractivity contribution in [2.45, 2.75) is 13.8 Å². The van der Waals surface area contributed by atoms with E-state index in [0.717, 1.165) is 27.8 Å². The Balaban J connectivity index is 1.48. The Morgan fingerprint density at radius 3 is 2.45 bits per heavy atom. The van der Waals surface area contributed by atoms with Gasteiger partial charge in [-0.05, 0) is 67.9 Å². The lowest BCUT2D eigenvalue weighted by atomic mass is 10.1. The molecule has 2 aromatic carbocycles. The third-order valence-corrected chi connectivity index (χ3v) is 5.54. The molecule has 1 amide bonds. The van der Waals surface area contributed by atoms with Gasteiger partial charge >= 0.3 is 0 Å². The largest absolute Gasteiger partial charge is 0.494 e. The standard InChI is InChI=1S/C26H23N5O2/c1-17-15-23(27-25-21(17)7-6-8-22(25)33-3)31-24(16-18(2)29-31)28-26(32)19-9-11-20(12-10-19)30-13-4-5-14-30/h4-16H,1-3H3,(H,28,32). The van der Waals surface area contributed by atoms with Crippen LogP contribution in [-0.2, 0) is 0 Å². The predicted octanol–water partition coefficient (Wildman–Crippen LogP) is 5.09. The maximum absolute atomic E-state index is 13.0. The summed E-state index contributed by atoms with van der Waals surface area (Å²) in [4.78, 5) is 17.8. The summed E-state index contributed by atoms with van der Waals surface area (Å²) in [6.07, 6.45) is 3.92. The van der Waals surface area contributed by atoms with E-state index in [-0.39, 0.29) is 5.91 Å². The Kier molecular flexibility index (Phi) is 5.14. The fourth-order valence-electron chi connectivity index (χ4n) is 3.89. The molecule has 7 nitrogen and oxygen atoms in total. The highest BCUT2D eigenvalue weighted by Gasteiger charge is 2.16. The van der Waals surface area contributed by atoms with Gasteiger partial charge in [0.15, 0.2) is 5.82 Å². The number of nitrogens with zero attached hydrogens (tertiary/aromatic N) is 4. The summed E-state index contributed by atoms with van der Waals surface area (Å²) in [5.74, 6) is 1.63. The first kappa shape index (κ1) is 20.5. The lowest BCUT2D eigenvalue weighted by molar-refractivity contribution is 0.102. The number of para-hydroxylation sites is 1. The summed E-state index contributed by atoms with van der Waals surface area (Å²) in [5.41, 5.74) is 4.11. The van der Waals surface area contributed by atoms with Crippen molar-refractivity contribution in [3.8, 4) is 17.3 Å². The first-order chi connectivity index (χ1) is 16.0. The van der Waals surface area contributed by atoms with Gasteiger partial charge in [0.05, 0.1) is 12.8 Å². The van der Waals surface area contributed by atoms with E-state index < -0.39 is 0 Å². The molecule has 1 N–H and O–H groups in total. The average molecular weight is 438 g/mol. The molecule has 0 aliphatic carbocycles. The van der Waals surface area contributed by atoms with Gasteiger partial charge in [0, 0.05) is 35.1 Å². The number of rotatable bonds is 5. The monoisotopic (exact) mass is 437 g/mol. The number of methoxy groups -OCH3 is 1. The number of nitrogens with one attached hydrogen (secondary N) is 1. The van der Waals surface area contributed by atoms with Crippen LogP contribution in [0.5, 0.6) is 5.75 Å². The van der Waals surface area contributed by atoms with Crippen LogP contribution in [0.1, 0.15) is 21.6 Å². The molecule has 5 rings (SSSR count). The second-order valence-corrected chi connectivity index (χ2v) is 7.83. The quantitative estimate of drug-likeness (QED) is 0.416. The minimum Gasteiger partial charge on any atom is -0.494 e. The van der Waals surface area contributed by atoms with Crippen molar-refractivity contribution < 1.29 is 9.53 Å². The van der Waals surface area contributed by atoms with E-state index in [1.54, 1.807) is 11.8 Å². The van der Waals surface area contributed by atoms with E-state index >= 15 is 0 Å². The number of hydrogen-bond donors (Lipinski definition) is 1. The van der Waals surface area contributed by atoms with Crippen LogP contribution in [0, 0.1) is 13.8 Å². The molecule has 5 aromatic rings. The zero-order chi connectivity index (χ0) is 22.9. The second-order valence-electron chi connectivity index (χ2n) is 7.83. The van der Waals surface area contributed by atoms with Crippen LogP contribution >= 0.6 is 0 Å². The number of ether oxygens (including phenoxy) is 1. The SMILES string of the molecule is COc1cccc2c(C)cc(-n3nc(C)cc3NC(=O)c3ccc(-n4cccc4)cc3)nc12. The first-order valence-electron chi connectivity index (χ1n) is 10.6. The maximum Gasteiger partial charge on any atom is 0.256 e. The summed E-state index contributed by atoms with van der Waals surface area (Å²) in [6, 6.07) is 21.0. The van der Waals surface area contributed by atoms with Crippen LogP contribution in [0.15, 0.2) is 79.1 Å². The highest BCUT2D eigenvalue weighted by molar-refractivity contribution is 6.04. The lowest BCUT2D eigenvalue weighted by Gasteiger charge is -2.12. The van der Waals surface area contributed by atoms with Gasteiger partial charge in [-0.3, -0.25) is 4.79 Å². The Bertz CT molecular complexity index is 1450. The highest BCUT2D eigenvalue weighted by atomic mass is 16.5. The molecule has 0 radical (unpaired) electrons. The van der Waals surface area contributed by atoms with Crippen LogP contribution in [0.25, 0.3) is 22.4 Å². The van der Waals surface area contributed by atoms with E-state index in [1.807, 2.05) is 97.5 Å². The number of carbonyl (C=O) groups is 1. The van der Waals surface area contributed by atoms with Gasteiger partial charge in [0.2, 0.25) is 0 Å². The van der Waals surface area contributed by atoms with Gasteiger partial charge in [0.1, 0.15) is 17.1 Å². The molecule has 3 aromatic heterocycles. The van der Waals surface area contributed by atoms with Crippen molar-refractivity contribution >= 4 is 22.6 Å². The number of carbonyl (C=O) groups excluding carboxylic acids is 1. The van der Waals surface area contributed by atoms with Gasteiger partial charge in [-0.1, -0.05) is 12.1 Å². The number of aromatic nitrogens is 4. The third-order valence-electron chi connectivity index (χ3n) is 5.54. The molecular weight excluding hydrogens is 414 g/mol. The number of anilines is 1. The van der Waals surface area contributed by atoms with Gasteiger partial charge in [0.25, 0.3) is 5.91 Å². The minimum atomic E-state index is -0.217. The Morgan fingerprint density at radius 2 is 1.73 bits per heavy atom. The summed E-state index contributed by atoms with van der Waals surface area (Å²) in [5, 5.41) is 8.56. The molecule has 7 heteroatoms. The Hall–Kier alpha value is -4.39. The molecule has 0 saturated carbocycles. The van der Waals surface area contributed by atoms with Crippen LogP contribution in [0.3, 0.4) is 0 Å². The summed E-state index contributed by atoms with van der Waals surface area (Å²) in [6.45, 7) is 3.90. The maximum atomic E-state index is 13.0. The number of benzene rings is 2. The number of aryl methyl sites for hydroxylation is 2. The van der Waals surface area contributed by atoms with Crippen molar-refractivity contribution in [1.82, 2.24) is 19.3 Å². The molecule has 0 saturated heterocycles. The topological polar surface area (TPSA) is 74.0 Å². The zero-order valence-electron chi connectivity index (χ0n) is 18.6. The number of hydrogen-bond acceptors (Lipinski definition) is 4. The molecule has 0 fully saturated rings. The molecule has 164 valence electrons. The van der Waals surface area contributed by atoms with E-state index in [1.165, 1.54) is 0 Å². The fraction of sp³-hybridized carbons (Fsp3) is 0.115. The minimum absolute atomic E-state index is 0.217. The van der Waals surface area contributed by atoms with Crippen molar-refractivity contribution in [2.75, 3.05) is 12.4 Å².